The van der Waals surface area contributed by atoms with Crippen LogP contribution in [0.5, 0.6) is 0 Å². The van der Waals surface area contributed by atoms with Crippen LogP contribution in [0.2, 0.25) is 0 Å². The standard InChI is InChI=1S/C7H15/c1-5-7(4)6(2)3/h7H,5H2,1-4H3. The first-order chi connectivity index (χ1) is 3.18. The van der Waals surface area contributed by atoms with E-state index in [1.807, 2.05) is 0 Å². The van der Waals surface area contributed by atoms with Crippen LogP contribution in [-0.4, -0.2) is 0 Å². The lowest BCUT2D eigenvalue weighted by Gasteiger charge is -2.09. The quantitative estimate of drug-likeness (QED) is 0.499. The van der Waals surface area contributed by atoms with Gasteiger partial charge in [0.25, 0.3) is 0 Å². The van der Waals surface area contributed by atoms with E-state index in [1.165, 1.54) is 6.42 Å². The van der Waals surface area contributed by atoms with Gasteiger partial charge in [0.15, 0.2) is 0 Å². The van der Waals surface area contributed by atoms with Crippen LogP contribution in [0, 0.1) is 11.8 Å². The molecule has 0 N–H and O–H groups in total. The molecule has 0 fully saturated rings. The van der Waals surface area contributed by atoms with Crippen LogP contribution in [-0.2, 0) is 0 Å². The second-order valence-corrected chi connectivity index (χ2v) is 2.39. The van der Waals surface area contributed by atoms with E-state index in [4.69, 9.17) is 0 Å². The van der Waals surface area contributed by atoms with Gasteiger partial charge in [-0.1, -0.05) is 34.1 Å². The van der Waals surface area contributed by atoms with Crippen molar-refractivity contribution in [1.82, 2.24) is 0 Å². The summed E-state index contributed by atoms with van der Waals surface area (Å²) in [7, 11) is 0. The van der Waals surface area contributed by atoms with Gasteiger partial charge in [-0.05, 0) is 11.8 Å². The van der Waals surface area contributed by atoms with Crippen molar-refractivity contribution in [3.63, 3.8) is 0 Å². The molecular weight excluding hydrogens is 84.1 g/mol. The van der Waals surface area contributed by atoms with Crippen molar-refractivity contribution in [2.45, 2.75) is 34.1 Å². The molecule has 0 aromatic heterocycles. The van der Waals surface area contributed by atoms with E-state index in [0.717, 1.165) is 5.92 Å². The van der Waals surface area contributed by atoms with Crippen LogP contribution >= 0.6 is 0 Å². The SMILES string of the molecule is CCC(C)[C](C)C. The molecule has 43 valence electrons. The van der Waals surface area contributed by atoms with Gasteiger partial charge in [0.05, 0.1) is 0 Å². The van der Waals surface area contributed by atoms with Gasteiger partial charge in [-0.25, -0.2) is 0 Å². The lowest BCUT2D eigenvalue weighted by Crippen LogP contribution is -1.97. The minimum atomic E-state index is 0.819. The molecule has 0 aliphatic carbocycles. The van der Waals surface area contributed by atoms with E-state index in [0.29, 0.717) is 0 Å². The Morgan fingerprint density at radius 2 is 1.86 bits per heavy atom. The fraction of sp³-hybridized carbons (Fsp3) is 0.857. The summed E-state index contributed by atoms with van der Waals surface area (Å²) < 4.78 is 0. The third kappa shape index (κ3) is 2.67. The van der Waals surface area contributed by atoms with Crippen molar-refractivity contribution < 1.29 is 0 Å². The second kappa shape index (κ2) is 3.06. The van der Waals surface area contributed by atoms with Crippen molar-refractivity contribution in [3.05, 3.63) is 5.92 Å². The predicted octanol–water partition coefficient (Wildman–Crippen LogP) is 2.65. The average molecular weight is 99.2 g/mol. The molecule has 0 saturated heterocycles. The summed E-state index contributed by atoms with van der Waals surface area (Å²) in [5, 5.41) is 0. The largest absolute Gasteiger partial charge is 0.0651 e. The molecule has 0 heterocycles. The Bertz CT molecular complexity index is 37.3. The number of rotatable bonds is 2. The van der Waals surface area contributed by atoms with Gasteiger partial charge in [-0.15, -0.1) is 0 Å². The van der Waals surface area contributed by atoms with Crippen LogP contribution in [0.1, 0.15) is 34.1 Å². The molecule has 0 aliphatic rings. The van der Waals surface area contributed by atoms with Crippen LogP contribution < -0.4 is 0 Å². The molecule has 0 aromatic carbocycles. The van der Waals surface area contributed by atoms with Gasteiger partial charge in [-0.3, -0.25) is 0 Å². The highest BCUT2D eigenvalue weighted by Gasteiger charge is 2.01. The van der Waals surface area contributed by atoms with Gasteiger partial charge >= 0.3 is 0 Å². The molecule has 0 nitrogen and oxygen atoms in total. The average Bonchev–Trinajstić information content (AvgIpc) is 1.65. The van der Waals surface area contributed by atoms with Gasteiger partial charge in [0.1, 0.15) is 0 Å². The van der Waals surface area contributed by atoms with Crippen LogP contribution in [0.3, 0.4) is 0 Å². The lowest BCUT2D eigenvalue weighted by molar-refractivity contribution is 0.583. The molecule has 7 heavy (non-hydrogen) atoms. The summed E-state index contributed by atoms with van der Waals surface area (Å²) in [6.45, 7) is 8.86. The molecule has 0 saturated carbocycles. The fourth-order valence-electron chi connectivity index (χ4n) is 0.408. The first-order valence-electron chi connectivity index (χ1n) is 2.98. The Hall–Kier alpha value is 0. The maximum Gasteiger partial charge on any atom is -0.0275 e. The third-order valence-corrected chi connectivity index (χ3v) is 1.60. The molecule has 0 heteroatoms. The highest BCUT2D eigenvalue weighted by atomic mass is 14.1. The molecule has 0 rings (SSSR count). The Kier molecular flexibility index (Phi) is 3.06. The van der Waals surface area contributed by atoms with Crippen molar-refractivity contribution in [3.8, 4) is 0 Å². The summed E-state index contributed by atoms with van der Waals surface area (Å²) in [4.78, 5) is 0. The first kappa shape index (κ1) is 7.00. The summed E-state index contributed by atoms with van der Waals surface area (Å²) in [5.74, 6) is 2.36. The summed E-state index contributed by atoms with van der Waals surface area (Å²) >= 11 is 0. The van der Waals surface area contributed by atoms with E-state index >= 15 is 0 Å². The van der Waals surface area contributed by atoms with Gasteiger partial charge in [0, 0.05) is 0 Å². The van der Waals surface area contributed by atoms with Crippen LogP contribution in [0.4, 0.5) is 0 Å². The van der Waals surface area contributed by atoms with Crippen molar-refractivity contribution in [1.29, 1.82) is 0 Å². The van der Waals surface area contributed by atoms with Gasteiger partial charge in [-0.2, -0.15) is 0 Å². The van der Waals surface area contributed by atoms with E-state index in [9.17, 15) is 0 Å². The Morgan fingerprint density at radius 3 is 1.86 bits per heavy atom. The zero-order chi connectivity index (χ0) is 5.86. The fourth-order valence-corrected chi connectivity index (χ4v) is 0.408. The summed E-state index contributed by atoms with van der Waals surface area (Å²) in [6.07, 6.45) is 1.28. The summed E-state index contributed by atoms with van der Waals surface area (Å²) in [6, 6.07) is 0. The summed E-state index contributed by atoms with van der Waals surface area (Å²) in [5.41, 5.74) is 0. The monoisotopic (exact) mass is 99.1 g/mol. The molecule has 0 spiro atoms. The molecule has 0 bridgehead atoms. The minimum absolute atomic E-state index is 0.819. The van der Waals surface area contributed by atoms with Gasteiger partial charge in [0.2, 0.25) is 0 Å². The maximum absolute atomic E-state index is 2.26. The predicted molar refractivity (Wildman–Crippen MR) is 34.0 cm³/mol. The Labute approximate surface area is 46.9 Å². The third-order valence-electron chi connectivity index (χ3n) is 1.60. The highest BCUT2D eigenvalue weighted by molar-refractivity contribution is 4.82. The molecular formula is C7H15. The van der Waals surface area contributed by atoms with Crippen molar-refractivity contribution >= 4 is 0 Å². The van der Waals surface area contributed by atoms with Crippen molar-refractivity contribution in [2.24, 2.45) is 5.92 Å². The zero-order valence-corrected chi connectivity index (χ0v) is 5.78. The highest BCUT2D eigenvalue weighted by Crippen LogP contribution is 2.14. The number of hydrogen-bond donors (Lipinski definition) is 0. The molecule has 0 aromatic rings. The van der Waals surface area contributed by atoms with E-state index in [2.05, 4.69) is 27.7 Å². The maximum atomic E-state index is 2.26. The lowest BCUT2D eigenvalue weighted by atomic mass is 9.96. The van der Waals surface area contributed by atoms with Crippen molar-refractivity contribution in [2.75, 3.05) is 0 Å². The zero-order valence-electron chi connectivity index (χ0n) is 5.78. The Balaban J connectivity index is 3.14. The molecule has 0 aliphatic heterocycles. The second-order valence-electron chi connectivity index (χ2n) is 2.39. The Morgan fingerprint density at radius 1 is 1.43 bits per heavy atom. The number of hydrogen-bond acceptors (Lipinski definition) is 0. The van der Waals surface area contributed by atoms with Crippen LogP contribution in [0.25, 0.3) is 0 Å². The topological polar surface area (TPSA) is 0 Å². The normalized spacial score (nSPS) is 15.0. The molecule has 1 radical (unpaired) electrons. The van der Waals surface area contributed by atoms with Gasteiger partial charge < -0.3 is 0 Å². The smallest absolute Gasteiger partial charge is 0.0275 e. The van der Waals surface area contributed by atoms with E-state index in [-0.39, 0.29) is 0 Å². The molecule has 1 unspecified atom stereocenters. The van der Waals surface area contributed by atoms with E-state index in [1.54, 1.807) is 5.92 Å². The molecule has 1 atom stereocenters. The minimum Gasteiger partial charge on any atom is -0.0651 e. The van der Waals surface area contributed by atoms with Crippen LogP contribution in [0.15, 0.2) is 0 Å². The van der Waals surface area contributed by atoms with E-state index < -0.39 is 0 Å². The first-order valence-corrected chi connectivity index (χ1v) is 2.98. The molecule has 0 amide bonds.